The second-order valence-electron chi connectivity index (χ2n) is 4.98. The van der Waals surface area contributed by atoms with Crippen molar-refractivity contribution < 1.29 is 4.79 Å². The number of H-pyrrole nitrogens is 1. The first-order valence-corrected chi connectivity index (χ1v) is 10.2. The van der Waals surface area contributed by atoms with Crippen LogP contribution >= 0.6 is 81.2 Å². The van der Waals surface area contributed by atoms with Gasteiger partial charge in [-0.1, -0.05) is 46.4 Å². The fraction of sp³-hybridized carbons (Fsp3) is 0.125. The Labute approximate surface area is 196 Å². The SMILES string of the molecule is ClCc1nc2cc(Cl)c(Cl)cc2[nH]1.Nc1cc(Cl)c(Cl)cc1N.O=C(Cl)CCl. The Bertz CT molecular complexity index is 873. The Morgan fingerprint density at radius 1 is 0.893 bits per heavy atom. The quantitative estimate of drug-likeness (QED) is 0.196. The van der Waals surface area contributed by atoms with Crippen molar-refractivity contribution >= 4 is 109 Å². The van der Waals surface area contributed by atoms with E-state index in [1.807, 2.05) is 0 Å². The lowest BCUT2D eigenvalue weighted by Crippen LogP contribution is -1.93. The van der Waals surface area contributed by atoms with Gasteiger partial charge in [0, 0.05) is 0 Å². The molecule has 5 nitrogen and oxygen atoms in total. The second-order valence-corrected chi connectivity index (χ2v) is 7.57. The summed E-state index contributed by atoms with van der Waals surface area (Å²) in [6.45, 7) is 0. The monoisotopic (exact) mass is 522 g/mol. The van der Waals surface area contributed by atoms with Crippen molar-refractivity contribution in [1.29, 1.82) is 0 Å². The van der Waals surface area contributed by atoms with Crippen molar-refractivity contribution in [3.63, 3.8) is 0 Å². The number of halogens is 7. The molecule has 0 aliphatic rings. The number of aromatic amines is 1. The molecular formula is C16H13Cl7N4O. The Morgan fingerprint density at radius 3 is 1.75 bits per heavy atom. The summed E-state index contributed by atoms with van der Waals surface area (Å²) in [6.07, 6.45) is 0. The van der Waals surface area contributed by atoms with Crippen LogP contribution in [0.3, 0.4) is 0 Å². The molecule has 0 unspecified atom stereocenters. The number of fused-ring (bicyclic) bond motifs is 1. The van der Waals surface area contributed by atoms with Crippen molar-refractivity contribution in [1.82, 2.24) is 9.97 Å². The third-order valence-electron chi connectivity index (χ3n) is 2.93. The van der Waals surface area contributed by atoms with Gasteiger partial charge in [-0.3, -0.25) is 4.79 Å². The summed E-state index contributed by atoms with van der Waals surface area (Å²) in [6, 6.07) is 6.51. The number of anilines is 2. The Balaban J connectivity index is 0.000000233. The van der Waals surface area contributed by atoms with E-state index in [9.17, 15) is 4.79 Å². The molecule has 5 N–H and O–H groups in total. The molecule has 1 heterocycles. The van der Waals surface area contributed by atoms with E-state index < -0.39 is 5.24 Å². The molecule has 28 heavy (non-hydrogen) atoms. The molecule has 0 aliphatic heterocycles. The number of benzene rings is 2. The number of nitrogens with two attached hydrogens (primary N) is 2. The lowest BCUT2D eigenvalue weighted by atomic mass is 10.3. The van der Waals surface area contributed by atoms with Gasteiger partial charge in [0.25, 0.3) is 0 Å². The molecule has 1 aromatic heterocycles. The first-order valence-electron chi connectivity index (χ1n) is 7.22. The molecule has 152 valence electrons. The average molecular weight is 525 g/mol. The maximum absolute atomic E-state index is 9.45. The van der Waals surface area contributed by atoms with E-state index in [1.165, 1.54) is 12.1 Å². The van der Waals surface area contributed by atoms with Crippen LogP contribution in [0.4, 0.5) is 11.4 Å². The molecule has 12 heteroatoms. The second kappa shape index (κ2) is 12.0. The standard InChI is InChI=1S/C8H5Cl3N2.C6H6Cl2N2.C2H2Cl2O/c9-3-8-12-6-1-4(10)5(11)2-7(6)13-8;7-3-1-5(9)6(10)2-4(3)8;3-1-2(4)5/h1-2H,3H2,(H,12,13);1-2H,9-10H2;1H2. The van der Waals surface area contributed by atoms with Gasteiger partial charge in [0.1, 0.15) is 5.82 Å². The molecule has 0 fully saturated rings. The summed E-state index contributed by atoms with van der Waals surface area (Å²) in [7, 11) is 0. The molecule has 0 spiro atoms. The number of hydrogen-bond donors (Lipinski definition) is 3. The molecule has 0 aliphatic carbocycles. The van der Waals surface area contributed by atoms with Crippen molar-refractivity contribution in [2.45, 2.75) is 5.88 Å². The average Bonchev–Trinajstić information content (AvgIpc) is 3.03. The van der Waals surface area contributed by atoms with E-state index in [4.69, 9.17) is 92.7 Å². The summed E-state index contributed by atoms with van der Waals surface area (Å²) in [4.78, 5) is 16.7. The lowest BCUT2D eigenvalue weighted by Gasteiger charge is -2.00. The van der Waals surface area contributed by atoms with Gasteiger partial charge in [0.2, 0.25) is 5.24 Å². The summed E-state index contributed by atoms with van der Waals surface area (Å²) in [5, 5.41) is 1.36. The van der Waals surface area contributed by atoms with Crippen LogP contribution in [0.1, 0.15) is 5.82 Å². The largest absolute Gasteiger partial charge is 0.397 e. The third kappa shape index (κ3) is 7.91. The van der Waals surface area contributed by atoms with E-state index >= 15 is 0 Å². The Morgan fingerprint density at radius 2 is 1.32 bits per heavy atom. The molecule has 3 aromatic rings. The van der Waals surface area contributed by atoms with Crippen molar-refractivity contribution in [2.24, 2.45) is 0 Å². The number of aromatic nitrogens is 2. The zero-order valence-electron chi connectivity index (χ0n) is 13.9. The lowest BCUT2D eigenvalue weighted by molar-refractivity contribution is -0.109. The van der Waals surface area contributed by atoms with E-state index in [0.717, 1.165) is 16.9 Å². The van der Waals surface area contributed by atoms with E-state index in [2.05, 4.69) is 9.97 Å². The number of rotatable bonds is 2. The smallest absolute Gasteiger partial charge is 0.236 e. The molecule has 0 radical (unpaired) electrons. The van der Waals surface area contributed by atoms with E-state index in [-0.39, 0.29) is 5.88 Å². The van der Waals surface area contributed by atoms with Crippen LogP contribution in [-0.4, -0.2) is 21.1 Å². The summed E-state index contributed by atoms with van der Waals surface area (Å²) in [5.41, 5.74) is 13.4. The molecule has 0 saturated carbocycles. The fourth-order valence-electron chi connectivity index (χ4n) is 1.70. The van der Waals surface area contributed by atoms with Crippen LogP contribution in [0.15, 0.2) is 24.3 Å². The number of nitrogen functional groups attached to an aromatic ring is 2. The highest BCUT2D eigenvalue weighted by Crippen LogP contribution is 2.28. The van der Waals surface area contributed by atoms with Gasteiger partial charge in [-0.15, -0.1) is 23.2 Å². The first-order chi connectivity index (χ1) is 13.1. The fourth-order valence-corrected chi connectivity index (χ4v) is 2.49. The van der Waals surface area contributed by atoms with E-state index in [1.54, 1.807) is 12.1 Å². The molecule has 0 atom stereocenters. The van der Waals surface area contributed by atoms with Gasteiger partial charge < -0.3 is 16.5 Å². The molecule has 0 amide bonds. The highest BCUT2D eigenvalue weighted by molar-refractivity contribution is 6.67. The predicted molar refractivity (Wildman–Crippen MR) is 123 cm³/mol. The predicted octanol–water partition coefficient (Wildman–Crippen LogP) is 6.76. The molecule has 0 bridgehead atoms. The summed E-state index contributed by atoms with van der Waals surface area (Å²) >= 11 is 38.1. The van der Waals surface area contributed by atoms with Gasteiger partial charge >= 0.3 is 0 Å². The number of imidazole rings is 1. The summed E-state index contributed by atoms with van der Waals surface area (Å²) in [5.74, 6) is 0.973. The zero-order chi connectivity index (χ0) is 21.4. The van der Waals surface area contributed by atoms with Crippen LogP contribution in [0.2, 0.25) is 20.1 Å². The molecule has 2 aromatic carbocycles. The number of carbonyl (C=O) groups is 1. The number of hydrogen-bond acceptors (Lipinski definition) is 4. The van der Waals surface area contributed by atoms with Crippen LogP contribution < -0.4 is 11.5 Å². The van der Waals surface area contributed by atoms with E-state index in [0.29, 0.717) is 37.3 Å². The number of alkyl halides is 2. The molecule has 0 saturated heterocycles. The van der Waals surface area contributed by atoms with Gasteiger partial charge in [-0.05, 0) is 35.9 Å². The minimum absolute atomic E-state index is 0.0957. The van der Waals surface area contributed by atoms with Gasteiger partial charge in [0.15, 0.2) is 0 Å². The molecule has 3 rings (SSSR count). The molecular weight excluding hydrogens is 512 g/mol. The maximum Gasteiger partial charge on any atom is 0.236 e. The van der Waals surface area contributed by atoms with Crippen molar-refractivity contribution in [3.05, 3.63) is 50.2 Å². The highest BCUT2D eigenvalue weighted by Gasteiger charge is 2.05. The van der Waals surface area contributed by atoms with Crippen molar-refractivity contribution in [2.75, 3.05) is 17.3 Å². The van der Waals surface area contributed by atoms with Gasteiger partial charge in [-0.25, -0.2) is 4.98 Å². The number of carbonyl (C=O) groups excluding carboxylic acids is 1. The topological polar surface area (TPSA) is 97.8 Å². The highest BCUT2D eigenvalue weighted by atomic mass is 35.5. The summed E-state index contributed by atoms with van der Waals surface area (Å²) < 4.78 is 0. The van der Waals surface area contributed by atoms with Crippen LogP contribution in [0, 0.1) is 0 Å². The zero-order valence-corrected chi connectivity index (χ0v) is 19.2. The normalized spacial score (nSPS) is 9.96. The van der Waals surface area contributed by atoms with Gasteiger partial charge in [0.05, 0.1) is 54.3 Å². The van der Waals surface area contributed by atoms with Crippen molar-refractivity contribution in [3.8, 4) is 0 Å². The first kappa shape index (κ1) is 25.2. The number of nitrogens with zero attached hydrogens (tertiary/aromatic N) is 1. The Kier molecular flexibility index (Phi) is 10.8. The van der Waals surface area contributed by atoms with Gasteiger partial charge in [-0.2, -0.15) is 0 Å². The van der Waals surface area contributed by atoms with Crippen LogP contribution in [0.25, 0.3) is 11.0 Å². The number of nitrogens with one attached hydrogen (secondary N) is 1. The van der Waals surface area contributed by atoms with Crippen LogP contribution in [-0.2, 0) is 10.7 Å². The maximum atomic E-state index is 9.45. The Hall–Kier alpha value is -0.790. The minimum Gasteiger partial charge on any atom is -0.397 e. The third-order valence-corrected chi connectivity index (χ3v) is 5.14. The minimum atomic E-state index is -0.508. The van der Waals surface area contributed by atoms with Crippen LogP contribution in [0.5, 0.6) is 0 Å².